The third-order valence-corrected chi connectivity index (χ3v) is 6.68. The number of β-amino-alcohol motifs (C(OH)–C–C–N with tert-alkyl or cyclic N) is 1. The van der Waals surface area contributed by atoms with Gasteiger partial charge in [-0.1, -0.05) is 32.0 Å². The van der Waals surface area contributed by atoms with Crippen molar-refractivity contribution >= 4 is 23.3 Å². The van der Waals surface area contributed by atoms with Crippen molar-refractivity contribution in [1.82, 2.24) is 10.2 Å². The first kappa shape index (κ1) is 19.9. The number of fused-ring (bicyclic) bond motifs is 2. The van der Waals surface area contributed by atoms with E-state index in [9.17, 15) is 14.7 Å². The Kier molecular flexibility index (Phi) is 5.36. The van der Waals surface area contributed by atoms with Crippen molar-refractivity contribution < 1.29 is 19.4 Å². The Hall–Kier alpha value is -2.38. The molecule has 1 saturated heterocycles. The van der Waals surface area contributed by atoms with Crippen LogP contribution in [-0.2, 0) is 16.8 Å². The average molecular weight is 415 g/mol. The van der Waals surface area contributed by atoms with Crippen LogP contribution in [0.5, 0.6) is 5.75 Å². The van der Waals surface area contributed by atoms with Gasteiger partial charge in [0.15, 0.2) is 0 Å². The van der Waals surface area contributed by atoms with Crippen LogP contribution in [0.1, 0.15) is 48.6 Å². The van der Waals surface area contributed by atoms with Gasteiger partial charge in [0, 0.05) is 10.4 Å². The molecule has 0 bridgehead atoms. The molecule has 0 unspecified atom stereocenters. The summed E-state index contributed by atoms with van der Waals surface area (Å²) < 4.78 is 5.80. The minimum absolute atomic E-state index is 0.0114. The number of rotatable bonds is 6. The lowest BCUT2D eigenvalue weighted by Crippen LogP contribution is -2.46. The van der Waals surface area contributed by atoms with E-state index in [0.717, 1.165) is 33.7 Å². The number of carbonyl (C=O) groups excluding carboxylic acids is 2. The van der Waals surface area contributed by atoms with Gasteiger partial charge >= 0.3 is 6.03 Å². The summed E-state index contributed by atoms with van der Waals surface area (Å²) in [5.74, 6) is 0.731. The molecule has 0 radical (unpaired) electrons. The molecule has 29 heavy (non-hydrogen) atoms. The lowest BCUT2D eigenvalue weighted by molar-refractivity contribution is -0.133. The minimum atomic E-state index is -0.977. The molecule has 7 heteroatoms. The van der Waals surface area contributed by atoms with Crippen LogP contribution in [0.3, 0.4) is 0 Å². The normalized spacial score (nSPS) is 22.1. The smallest absolute Gasteiger partial charge is 0.325 e. The predicted molar refractivity (Wildman–Crippen MR) is 111 cm³/mol. The van der Waals surface area contributed by atoms with Gasteiger partial charge in [-0.3, -0.25) is 9.69 Å². The summed E-state index contributed by atoms with van der Waals surface area (Å²) in [6, 6.07) is 9.18. The Balaban J connectivity index is 1.44. The van der Waals surface area contributed by atoms with Crippen LogP contribution in [0.2, 0.25) is 0 Å². The van der Waals surface area contributed by atoms with Gasteiger partial charge in [0.1, 0.15) is 24.0 Å². The van der Waals surface area contributed by atoms with Gasteiger partial charge < -0.3 is 15.2 Å². The van der Waals surface area contributed by atoms with Crippen LogP contribution in [0, 0.1) is 0 Å². The first-order chi connectivity index (χ1) is 13.9. The Morgan fingerprint density at radius 1 is 1.28 bits per heavy atom. The van der Waals surface area contributed by atoms with Crippen molar-refractivity contribution in [2.75, 3.05) is 13.2 Å². The summed E-state index contributed by atoms with van der Waals surface area (Å²) >= 11 is 1.62. The number of hydrogen-bond donors (Lipinski definition) is 2. The number of benzene rings is 1. The molecule has 4 rings (SSSR count). The van der Waals surface area contributed by atoms with Crippen LogP contribution in [0.15, 0.2) is 35.7 Å². The third kappa shape index (κ3) is 3.53. The van der Waals surface area contributed by atoms with Gasteiger partial charge in [-0.05, 0) is 48.3 Å². The number of para-hydroxylation sites is 1. The van der Waals surface area contributed by atoms with Crippen molar-refractivity contribution in [2.45, 2.75) is 50.7 Å². The molecular formula is C22H26N2O4S. The zero-order chi connectivity index (χ0) is 20.6. The Morgan fingerprint density at radius 3 is 2.86 bits per heavy atom. The highest BCUT2D eigenvalue weighted by atomic mass is 32.1. The fraction of sp³-hybridized carbons (Fsp3) is 0.455. The van der Waals surface area contributed by atoms with E-state index >= 15 is 0 Å². The summed E-state index contributed by atoms with van der Waals surface area (Å²) in [5, 5.41) is 15.4. The number of aliphatic hydroxyl groups excluding tert-OH is 1. The Labute approximate surface area is 174 Å². The molecule has 2 N–H and O–H groups in total. The van der Waals surface area contributed by atoms with Gasteiger partial charge in [-0.15, -0.1) is 11.3 Å². The number of aryl methyl sites for hydroxylation is 1. The monoisotopic (exact) mass is 414 g/mol. The van der Waals surface area contributed by atoms with Gasteiger partial charge in [0.25, 0.3) is 5.91 Å². The van der Waals surface area contributed by atoms with Crippen molar-refractivity contribution in [3.8, 4) is 5.75 Å². The second kappa shape index (κ2) is 7.80. The van der Waals surface area contributed by atoms with Crippen molar-refractivity contribution in [2.24, 2.45) is 0 Å². The maximum absolute atomic E-state index is 13.2. The van der Waals surface area contributed by atoms with Crippen molar-refractivity contribution in [1.29, 1.82) is 0 Å². The first-order valence-electron chi connectivity index (χ1n) is 10.0. The van der Waals surface area contributed by atoms with Crippen molar-refractivity contribution in [3.05, 3.63) is 51.7 Å². The first-order valence-corrected chi connectivity index (χ1v) is 10.9. The lowest BCUT2D eigenvalue weighted by atomic mass is 9.80. The van der Waals surface area contributed by atoms with Crippen LogP contribution in [0.25, 0.3) is 0 Å². The number of nitrogens with zero attached hydrogens (tertiary/aromatic N) is 1. The van der Waals surface area contributed by atoms with Gasteiger partial charge in [0.05, 0.1) is 6.54 Å². The molecule has 1 aromatic heterocycles. The number of urea groups is 1. The third-order valence-electron chi connectivity index (χ3n) is 5.70. The maximum atomic E-state index is 13.2. The van der Waals surface area contributed by atoms with Gasteiger partial charge in [-0.25, -0.2) is 4.79 Å². The molecule has 2 aromatic rings. The van der Waals surface area contributed by atoms with E-state index in [0.29, 0.717) is 18.1 Å². The van der Waals surface area contributed by atoms with E-state index in [-0.39, 0.29) is 19.1 Å². The highest BCUT2D eigenvalue weighted by Crippen LogP contribution is 2.42. The summed E-state index contributed by atoms with van der Waals surface area (Å²) in [7, 11) is 0. The standard InChI is InChI=1S/C22H26N2O4S/c1-14(2)16-6-3-4-7-18(16)28-13-15(25)12-24-20(26)22(23-21(24)27)10-5-8-19-17(22)9-11-29-19/h3-4,6-7,9,11,14-15,25H,5,8,10,12-13H2,1-2H3,(H,23,27)/t15-,22+/m1/s1. The van der Waals surface area contributed by atoms with E-state index in [2.05, 4.69) is 19.2 Å². The van der Waals surface area contributed by atoms with Crippen LogP contribution in [-0.4, -0.2) is 41.2 Å². The minimum Gasteiger partial charge on any atom is -0.491 e. The summed E-state index contributed by atoms with van der Waals surface area (Å²) in [5.41, 5.74) is 0.988. The van der Waals surface area contributed by atoms with Crippen molar-refractivity contribution in [3.63, 3.8) is 0 Å². The summed E-state index contributed by atoms with van der Waals surface area (Å²) in [4.78, 5) is 28.1. The topological polar surface area (TPSA) is 78.9 Å². The number of amides is 3. The van der Waals surface area contributed by atoms with E-state index in [4.69, 9.17) is 4.74 Å². The number of carbonyl (C=O) groups is 2. The molecule has 1 spiro atoms. The molecule has 6 nitrogen and oxygen atoms in total. The SMILES string of the molecule is CC(C)c1ccccc1OC[C@H](O)CN1C(=O)N[C@]2(CCCc3sccc32)C1=O. The van der Waals surface area contributed by atoms with E-state index in [1.54, 1.807) is 11.3 Å². The molecule has 3 amide bonds. The second-order valence-corrected chi connectivity index (χ2v) is 9.02. The van der Waals surface area contributed by atoms with Gasteiger partial charge in [0.2, 0.25) is 0 Å². The molecule has 2 aliphatic rings. The Morgan fingerprint density at radius 2 is 2.07 bits per heavy atom. The van der Waals surface area contributed by atoms with E-state index in [1.807, 2.05) is 35.7 Å². The van der Waals surface area contributed by atoms with Gasteiger partial charge in [-0.2, -0.15) is 0 Å². The molecule has 1 fully saturated rings. The highest BCUT2D eigenvalue weighted by molar-refractivity contribution is 7.10. The summed E-state index contributed by atoms with van der Waals surface area (Å²) in [6.07, 6.45) is 1.41. The zero-order valence-electron chi connectivity index (χ0n) is 16.7. The quantitative estimate of drug-likeness (QED) is 0.710. The second-order valence-electron chi connectivity index (χ2n) is 8.02. The number of hydrogen-bond acceptors (Lipinski definition) is 5. The number of imide groups is 1. The lowest BCUT2D eigenvalue weighted by Gasteiger charge is -2.31. The molecule has 154 valence electrons. The number of nitrogens with one attached hydrogen (secondary N) is 1. The van der Waals surface area contributed by atoms with Crippen LogP contribution in [0.4, 0.5) is 4.79 Å². The maximum Gasteiger partial charge on any atom is 0.325 e. The molecule has 2 heterocycles. The predicted octanol–water partition coefficient (Wildman–Crippen LogP) is 3.39. The van der Waals surface area contributed by atoms with E-state index in [1.165, 1.54) is 0 Å². The molecule has 1 aromatic carbocycles. The van der Waals surface area contributed by atoms with Crippen LogP contribution >= 0.6 is 11.3 Å². The Bertz CT molecular complexity index is 925. The largest absolute Gasteiger partial charge is 0.491 e. The average Bonchev–Trinajstić information content (AvgIpc) is 3.27. The van der Waals surface area contributed by atoms with Crippen LogP contribution < -0.4 is 10.1 Å². The number of thiophene rings is 1. The number of ether oxygens (including phenoxy) is 1. The number of aliphatic hydroxyl groups is 1. The fourth-order valence-electron chi connectivity index (χ4n) is 4.25. The van der Waals surface area contributed by atoms with E-state index < -0.39 is 17.7 Å². The molecule has 2 atom stereocenters. The molecular weight excluding hydrogens is 388 g/mol. The highest BCUT2D eigenvalue weighted by Gasteiger charge is 2.54. The molecule has 0 saturated carbocycles. The zero-order valence-corrected chi connectivity index (χ0v) is 17.5. The molecule has 1 aliphatic carbocycles. The fourth-order valence-corrected chi connectivity index (χ4v) is 5.25. The summed E-state index contributed by atoms with van der Waals surface area (Å²) in [6.45, 7) is 4.08. The molecule has 1 aliphatic heterocycles.